The second-order valence-corrected chi connectivity index (χ2v) is 4.71. The SMILES string of the molecule is CCOP(=O)(CN=C(C)C)OCC. The average Bonchev–Trinajstić information content (AvgIpc) is 2.02. The van der Waals surface area contributed by atoms with Crippen LogP contribution >= 0.6 is 7.60 Å². The molecule has 0 saturated heterocycles. The van der Waals surface area contributed by atoms with Crippen molar-refractivity contribution in [1.29, 1.82) is 0 Å². The van der Waals surface area contributed by atoms with E-state index in [0.717, 1.165) is 5.71 Å². The summed E-state index contributed by atoms with van der Waals surface area (Å²) in [5, 5.41) is 0. The average molecular weight is 207 g/mol. The normalized spacial score (nSPS) is 11.4. The number of rotatable bonds is 6. The van der Waals surface area contributed by atoms with E-state index in [2.05, 4.69) is 4.99 Å². The first-order valence-electron chi connectivity index (χ1n) is 4.40. The maximum atomic E-state index is 11.8. The highest BCUT2D eigenvalue weighted by atomic mass is 31.2. The standard InChI is InChI=1S/C8H18NO3P/c1-5-11-13(10,12-6-2)7-9-8(3)4/h5-7H2,1-4H3. The molecule has 0 fully saturated rings. The summed E-state index contributed by atoms with van der Waals surface area (Å²) in [7, 11) is -2.96. The van der Waals surface area contributed by atoms with Crippen molar-refractivity contribution < 1.29 is 13.6 Å². The van der Waals surface area contributed by atoms with Crippen LogP contribution in [0.5, 0.6) is 0 Å². The van der Waals surface area contributed by atoms with Crippen molar-refractivity contribution in [3.05, 3.63) is 0 Å². The minimum absolute atomic E-state index is 0.122. The zero-order valence-electron chi connectivity index (χ0n) is 8.74. The number of aliphatic imine (C=N–C) groups is 1. The smallest absolute Gasteiger partial charge is 0.308 e. The van der Waals surface area contributed by atoms with E-state index in [0.29, 0.717) is 13.2 Å². The summed E-state index contributed by atoms with van der Waals surface area (Å²) in [6.07, 6.45) is 0.122. The lowest BCUT2D eigenvalue weighted by molar-refractivity contribution is 0.221. The molecule has 0 bridgehead atoms. The van der Waals surface area contributed by atoms with Gasteiger partial charge in [0.1, 0.15) is 6.29 Å². The molecule has 5 heteroatoms. The first-order valence-corrected chi connectivity index (χ1v) is 6.12. The van der Waals surface area contributed by atoms with Gasteiger partial charge in [0, 0.05) is 5.71 Å². The molecule has 0 aliphatic carbocycles. The molecule has 0 rings (SSSR count). The zero-order valence-corrected chi connectivity index (χ0v) is 9.63. The van der Waals surface area contributed by atoms with E-state index in [4.69, 9.17) is 9.05 Å². The highest BCUT2D eigenvalue weighted by Gasteiger charge is 2.22. The van der Waals surface area contributed by atoms with Gasteiger partial charge < -0.3 is 9.05 Å². The molecule has 0 aromatic carbocycles. The van der Waals surface area contributed by atoms with Gasteiger partial charge in [0.05, 0.1) is 13.2 Å². The van der Waals surface area contributed by atoms with E-state index < -0.39 is 7.60 Å². The van der Waals surface area contributed by atoms with Gasteiger partial charge in [-0.05, 0) is 27.7 Å². The van der Waals surface area contributed by atoms with Gasteiger partial charge in [0.2, 0.25) is 0 Å². The van der Waals surface area contributed by atoms with Crippen LogP contribution in [0, 0.1) is 0 Å². The Bertz CT molecular complexity index is 201. The van der Waals surface area contributed by atoms with E-state index >= 15 is 0 Å². The lowest BCUT2D eigenvalue weighted by Crippen LogP contribution is -1.99. The predicted octanol–water partition coefficient (Wildman–Crippen LogP) is 2.69. The number of nitrogens with zero attached hydrogens (tertiary/aromatic N) is 1. The van der Waals surface area contributed by atoms with E-state index in [-0.39, 0.29) is 6.29 Å². The third kappa shape index (κ3) is 5.97. The van der Waals surface area contributed by atoms with Gasteiger partial charge in [-0.2, -0.15) is 0 Å². The molecule has 0 atom stereocenters. The van der Waals surface area contributed by atoms with Crippen LogP contribution in [0.2, 0.25) is 0 Å². The second kappa shape index (κ2) is 6.30. The molecular weight excluding hydrogens is 189 g/mol. The van der Waals surface area contributed by atoms with Crippen LogP contribution in [0.3, 0.4) is 0 Å². The lowest BCUT2D eigenvalue weighted by Gasteiger charge is -2.14. The Morgan fingerprint density at radius 1 is 1.23 bits per heavy atom. The van der Waals surface area contributed by atoms with Crippen LogP contribution in [-0.4, -0.2) is 25.2 Å². The molecule has 4 nitrogen and oxygen atoms in total. The lowest BCUT2D eigenvalue weighted by atomic mass is 10.5. The Balaban J connectivity index is 4.24. The fraction of sp³-hybridized carbons (Fsp3) is 0.875. The van der Waals surface area contributed by atoms with E-state index in [1.165, 1.54) is 0 Å². The Hall–Kier alpha value is -0.180. The Morgan fingerprint density at radius 2 is 1.69 bits per heavy atom. The third-order valence-electron chi connectivity index (χ3n) is 1.21. The molecular formula is C8H18NO3P. The van der Waals surface area contributed by atoms with Crippen LogP contribution in [0.4, 0.5) is 0 Å². The summed E-state index contributed by atoms with van der Waals surface area (Å²) in [4.78, 5) is 4.04. The molecule has 0 radical (unpaired) electrons. The van der Waals surface area contributed by atoms with Crippen molar-refractivity contribution in [3.63, 3.8) is 0 Å². The second-order valence-electron chi connectivity index (χ2n) is 2.69. The summed E-state index contributed by atoms with van der Waals surface area (Å²) in [6.45, 7) is 8.04. The summed E-state index contributed by atoms with van der Waals surface area (Å²) >= 11 is 0. The molecule has 0 amide bonds. The molecule has 0 N–H and O–H groups in total. The Morgan fingerprint density at radius 3 is 2.00 bits per heavy atom. The minimum atomic E-state index is -2.96. The summed E-state index contributed by atoms with van der Waals surface area (Å²) < 4.78 is 21.9. The molecule has 13 heavy (non-hydrogen) atoms. The highest BCUT2D eigenvalue weighted by Crippen LogP contribution is 2.47. The summed E-state index contributed by atoms with van der Waals surface area (Å²) in [5.41, 5.74) is 0.875. The van der Waals surface area contributed by atoms with Gasteiger partial charge in [0.15, 0.2) is 0 Å². The maximum absolute atomic E-state index is 11.8. The van der Waals surface area contributed by atoms with Crippen LogP contribution in [0.15, 0.2) is 4.99 Å². The monoisotopic (exact) mass is 207 g/mol. The zero-order chi connectivity index (χ0) is 10.3. The molecule has 0 aromatic rings. The molecule has 0 spiro atoms. The van der Waals surface area contributed by atoms with Gasteiger partial charge >= 0.3 is 7.60 Å². The van der Waals surface area contributed by atoms with E-state index in [9.17, 15) is 4.57 Å². The quantitative estimate of drug-likeness (QED) is 0.497. The maximum Gasteiger partial charge on any atom is 0.351 e. The molecule has 78 valence electrons. The third-order valence-corrected chi connectivity index (χ3v) is 3.00. The topological polar surface area (TPSA) is 47.9 Å². The van der Waals surface area contributed by atoms with Crippen molar-refractivity contribution in [2.45, 2.75) is 27.7 Å². The molecule has 0 aliphatic heterocycles. The molecule has 0 heterocycles. The molecule has 0 aliphatic rings. The molecule has 0 unspecified atom stereocenters. The van der Waals surface area contributed by atoms with Gasteiger partial charge in [0.25, 0.3) is 0 Å². The van der Waals surface area contributed by atoms with E-state index in [1.54, 1.807) is 13.8 Å². The largest absolute Gasteiger partial charge is 0.351 e. The summed E-state index contributed by atoms with van der Waals surface area (Å²) in [6, 6.07) is 0. The predicted molar refractivity (Wildman–Crippen MR) is 54.5 cm³/mol. The first kappa shape index (κ1) is 12.8. The van der Waals surface area contributed by atoms with Crippen molar-refractivity contribution >= 4 is 13.3 Å². The van der Waals surface area contributed by atoms with E-state index in [1.807, 2.05) is 13.8 Å². The van der Waals surface area contributed by atoms with Gasteiger partial charge in [-0.25, -0.2) is 0 Å². The van der Waals surface area contributed by atoms with Crippen molar-refractivity contribution in [2.24, 2.45) is 4.99 Å². The van der Waals surface area contributed by atoms with Crippen LogP contribution < -0.4 is 0 Å². The van der Waals surface area contributed by atoms with Crippen molar-refractivity contribution in [3.8, 4) is 0 Å². The van der Waals surface area contributed by atoms with Gasteiger partial charge in [-0.1, -0.05) is 0 Å². The Labute approximate surface area is 79.9 Å². The number of hydrogen-bond donors (Lipinski definition) is 0. The van der Waals surface area contributed by atoms with Crippen LogP contribution in [-0.2, 0) is 13.6 Å². The minimum Gasteiger partial charge on any atom is -0.308 e. The fourth-order valence-electron chi connectivity index (χ4n) is 0.740. The van der Waals surface area contributed by atoms with Gasteiger partial charge in [-0.3, -0.25) is 9.56 Å². The van der Waals surface area contributed by atoms with Crippen LogP contribution in [0.25, 0.3) is 0 Å². The Kier molecular flexibility index (Phi) is 6.21. The van der Waals surface area contributed by atoms with Crippen molar-refractivity contribution in [1.82, 2.24) is 0 Å². The highest BCUT2D eigenvalue weighted by molar-refractivity contribution is 7.53. The molecule has 0 aromatic heterocycles. The summed E-state index contributed by atoms with van der Waals surface area (Å²) in [5.74, 6) is 0. The van der Waals surface area contributed by atoms with Crippen LogP contribution in [0.1, 0.15) is 27.7 Å². The van der Waals surface area contributed by atoms with Gasteiger partial charge in [-0.15, -0.1) is 0 Å². The number of hydrogen-bond acceptors (Lipinski definition) is 4. The fourth-order valence-corrected chi connectivity index (χ4v) is 2.22. The van der Waals surface area contributed by atoms with Crippen molar-refractivity contribution in [2.75, 3.05) is 19.5 Å². The first-order chi connectivity index (χ1) is 6.04. The molecule has 0 saturated carbocycles.